The molecule has 1 N–H and O–H groups in total. The summed E-state index contributed by atoms with van der Waals surface area (Å²) in [6.07, 6.45) is 3.85. The number of hydrogen-bond acceptors (Lipinski definition) is 3. The van der Waals surface area contributed by atoms with Gasteiger partial charge in [-0.15, -0.1) is 0 Å². The molecule has 2 aliphatic rings. The first-order valence-corrected chi connectivity index (χ1v) is 9.31. The standard InChI is InChI=1S/C20H30N2O2/c1-15-7-8-16(2)18(12-15)19(23)14-21-9-5-6-17(13-21)20(24)22-10-3-4-11-22/h7-8,12,17,19,23H,3-6,9-11,13-14H2,1-2H3/t17-,19+/m1/s1. The zero-order valence-electron chi connectivity index (χ0n) is 15.0. The second-order valence-electron chi connectivity index (χ2n) is 7.51. The van der Waals surface area contributed by atoms with E-state index in [-0.39, 0.29) is 5.92 Å². The number of rotatable bonds is 4. The van der Waals surface area contributed by atoms with Crippen LogP contribution in [-0.4, -0.2) is 53.5 Å². The smallest absolute Gasteiger partial charge is 0.226 e. The molecule has 132 valence electrons. The fourth-order valence-electron chi connectivity index (χ4n) is 4.08. The third kappa shape index (κ3) is 3.98. The third-order valence-corrected chi connectivity index (χ3v) is 5.50. The van der Waals surface area contributed by atoms with Crippen molar-refractivity contribution < 1.29 is 9.90 Å². The number of hydrogen-bond donors (Lipinski definition) is 1. The van der Waals surface area contributed by atoms with Crippen molar-refractivity contribution in [2.75, 3.05) is 32.7 Å². The highest BCUT2D eigenvalue weighted by Gasteiger charge is 2.31. The van der Waals surface area contributed by atoms with Gasteiger partial charge in [-0.1, -0.05) is 23.8 Å². The first kappa shape index (κ1) is 17.4. The van der Waals surface area contributed by atoms with Crippen LogP contribution in [-0.2, 0) is 4.79 Å². The van der Waals surface area contributed by atoms with Gasteiger partial charge in [0.25, 0.3) is 0 Å². The number of amides is 1. The van der Waals surface area contributed by atoms with Crippen LogP contribution in [0, 0.1) is 19.8 Å². The van der Waals surface area contributed by atoms with Crippen LogP contribution in [0.3, 0.4) is 0 Å². The molecule has 3 rings (SSSR count). The summed E-state index contributed by atoms with van der Waals surface area (Å²) in [4.78, 5) is 16.9. The molecule has 0 aliphatic carbocycles. The minimum absolute atomic E-state index is 0.114. The van der Waals surface area contributed by atoms with E-state index < -0.39 is 6.10 Å². The first-order valence-electron chi connectivity index (χ1n) is 9.31. The average Bonchev–Trinajstić information content (AvgIpc) is 3.11. The number of nitrogens with zero attached hydrogens (tertiary/aromatic N) is 2. The fourth-order valence-corrected chi connectivity index (χ4v) is 4.08. The monoisotopic (exact) mass is 330 g/mol. The highest BCUT2D eigenvalue weighted by Crippen LogP contribution is 2.25. The Morgan fingerprint density at radius 2 is 1.96 bits per heavy atom. The Kier molecular flexibility index (Phi) is 5.57. The maximum Gasteiger partial charge on any atom is 0.226 e. The Bertz CT molecular complexity index is 581. The Morgan fingerprint density at radius 3 is 2.71 bits per heavy atom. The van der Waals surface area contributed by atoms with Crippen molar-refractivity contribution in [2.45, 2.75) is 45.6 Å². The van der Waals surface area contributed by atoms with Crippen molar-refractivity contribution in [3.8, 4) is 0 Å². The van der Waals surface area contributed by atoms with Gasteiger partial charge in [0, 0.05) is 26.2 Å². The van der Waals surface area contributed by atoms with E-state index in [1.165, 1.54) is 5.56 Å². The number of aryl methyl sites for hydroxylation is 2. The molecule has 2 aliphatic heterocycles. The molecule has 4 nitrogen and oxygen atoms in total. The van der Waals surface area contributed by atoms with Crippen molar-refractivity contribution >= 4 is 5.91 Å². The zero-order chi connectivity index (χ0) is 17.1. The summed E-state index contributed by atoms with van der Waals surface area (Å²) in [6.45, 7) is 8.35. The van der Waals surface area contributed by atoms with E-state index in [2.05, 4.69) is 30.0 Å². The van der Waals surface area contributed by atoms with Crippen LogP contribution in [0.1, 0.15) is 48.5 Å². The topological polar surface area (TPSA) is 43.8 Å². The molecule has 0 aromatic heterocycles. The van der Waals surface area contributed by atoms with Crippen molar-refractivity contribution in [1.29, 1.82) is 0 Å². The number of carbonyl (C=O) groups is 1. The van der Waals surface area contributed by atoms with Crippen LogP contribution in [0.2, 0.25) is 0 Å². The van der Waals surface area contributed by atoms with Gasteiger partial charge in [0.1, 0.15) is 0 Å². The highest BCUT2D eigenvalue weighted by molar-refractivity contribution is 5.79. The number of carbonyl (C=O) groups excluding carboxylic acids is 1. The number of β-amino-alcohol motifs (C(OH)–C–C–N with tert-alkyl or cyclic N) is 1. The van der Waals surface area contributed by atoms with Gasteiger partial charge in [-0.2, -0.15) is 0 Å². The molecule has 1 amide bonds. The van der Waals surface area contributed by atoms with Crippen LogP contribution < -0.4 is 0 Å². The number of likely N-dealkylation sites (tertiary alicyclic amines) is 2. The molecule has 1 aromatic carbocycles. The van der Waals surface area contributed by atoms with Gasteiger partial charge < -0.3 is 10.0 Å². The molecule has 0 unspecified atom stereocenters. The second kappa shape index (κ2) is 7.66. The van der Waals surface area contributed by atoms with Gasteiger partial charge in [-0.25, -0.2) is 0 Å². The largest absolute Gasteiger partial charge is 0.387 e. The predicted molar refractivity (Wildman–Crippen MR) is 95.9 cm³/mol. The quantitative estimate of drug-likeness (QED) is 0.923. The van der Waals surface area contributed by atoms with Crippen LogP contribution in [0.25, 0.3) is 0 Å². The van der Waals surface area contributed by atoms with Gasteiger partial charge in [0.05, 0.1) is 12.0 Å². The highest BCUT2D eigenvalue weighted by atomic mass is 16.3. The molecule has 0 radical (unpaired) electrons. The molecule has 2 fully saturated rings. The summed E-state index contributed by atoms with van der Waals surface area (Å²) in [6, 6.07) is 6.23. The fraction of sp³-hybridized carbons (Fsp3) is 0.650. The number of piperidine rings is 1. The van der Waals surface area contributed by atoms with Crippen LogP contribution in [0.15, 0.2) is 18.2 Å². The van der Waals surface area contributed by atoms with Gasteiger partial charge >= 0.3 is 0 Å². The number of aliphatic hydroxyl groups is 1. The van der Waals surface area contributed by atoms with Crippen LogP contribution in [0.5, 0.6) is 0 Å². The molecule has 1 aromatic rings. The molecule has 2 saturated heterocycles. The molecule has 24 heavy (non-hydrogen) atoms. The molecule has 0 bridgehead atoms. The normalized spacial score (nSPS) is 23.5. The summed E-state index contributed by atoms with van der Waals surface area (Å²) < 4.78 is 0. The van der Waals surface area contributed by atoms with E-state index in [0.717, 1.165) is 63.0 Å². The maximum absolute atomic E-state index is 12.6. The lowest BCUT2D eigenvalue weighted by Gasteiger charge is -2.35. The van der Waals surface area contributed by atoms with Crippen molar-refractivity contribution in [1.82, 2.24) is 9.80 Å². The van der Waals surface area contributed by atoms with E-state index in [1.807, 2.05) is 11.8 Å². The molecule has 2 heterocycles. The molecule has 0 spiro atoms. The van der Waals surface area contributed by atoms with Gasteiger partial charge in [0.15, 0.2) is 0 Å². The molecule has 0 saturated carbocycles. The molecular formula is C20H30N2O2. The summed E-state index contributed by atoms with van der Waals surface area (Å²) in [5.41, 5.74) is 3.33. The van der Waals surface area contributed by atoms with E-state index >= 15 is 0 Å². The van der Waals surface area contributed by atoms with E-state index in [4.69, 9.17) is 0 Å². The van der Waals surface area contributed by atoms with Crippen molar-refractivity contribution in [3.05, 3.63) is 34.9 Å². The third-order valence-electron chi connectivity index (χ3n) is 5.50. The number of aliphatic hydroxyl groups excluding tert-OH is 1. The molecule has 2 atom stereocenters. The van der Waals surface area contributed by atoms with Crippen molar-refractivity contribution in [2.24, 2.45) is 5.92 Å². The lowest BCUT2D eigenvalue weighted by Crippen LogP contribution is -2.45. The first-order chi connectivity index (χ1) is 11.5. The van der Waals surface area contributed by atoms with Gasteiger partial charge in [0.2, 0.25) is 5.91 Å². The molecule has 4 heteroatoms. The van der Waals surface area contributed by atoms with Crippen LogP contribution in [0.4, 0.5) is 0 Å². The SMILES string of the molecule is Cc1ccc(C)c([C@@H](O)CN2CCC[C@@H](C(=O)N3CCCC3)C2)c1. The summed E-state index contributed by atoms with van der Waals surface area (Å²) in [5.74, 6) is 0.445. The average molecular weight is 330 g/mol. The Balaban J connectivity index is 1.60. The lowest BCUT2D eigenvalue weighted by atomic mass is 9.95. The summed E-state index contributed by atoms with van der Waals surface area (Å²) in [5, 5.41) is 10.7. The van der Waals surface area contributed by atoms with E-state index in [0.29, 0.717) is 12.5 Å². The lowest BCUT2D eigenvalue weighted by molar-refractivity contribution is -0.136. The number of benzene rings is 1. The zero-order valence-corrected chi connectivity index (χ0v) is 15.0. The maximum atomic E-state index is 12.6. The van der Waals surface area contributed by atoms with Gasteiger partial charge in [-0.05, 0) is 57.2 Å². The minimum Gasteiger partial charge on any atom is -0.387 e. The predicted octanol–water partition coefficient (Wildman–Crippen LogP) is 2.67. The van der Waals surface area contributed by atoms with Crippen molar-refractivity contribution in [3.63, 3.8) is 0 Å². The van der Waals surface area contributed by atoms with E-state index in [9.17, 15) is 9.90 Å². The summed E-state index contributed by atoms with van der Waals surface area (Å²) >= 11 is 0. The molecular weight excluding hydrogens is 300 g/mol. The minimum atomic E-state index is -0.481. The summed E-state index contributed by atoms with van der Waals surface area (Å²) in [7, 11) is 0. The Morgan fingerprint density at radius 1 is 1.21 bits per heavy atom. The van der Waals surface area contributed by atoms with Crippen LogP contribution >= 0.6 is 0 Å². The second-order valence-corrected chi connectivity index (χ2v) is 7.51. The van der Waals surface area contributed by atoms with Gasteiger partial charge in [-0.3, -0.25) is 9.69 Å². The Hall–Kier alpha value is -1.39. The van der Waals surface area contributed by atoms with E-state index in [1.54, 1.807) is 0 Å². The Labute approximate surface area is 145 Å².